The van der Waals surface area contributed by atoms with Crippen LogP contribution in [0.4, 0.5) is 15.8 Å². The van der Waals surface area contributed by atoms with Gasteiger partial charge in [-0.3, -0.25) is 10.1 Å². The average Bonchev–Trinajstić information content (AvgIpc) is 2.73. The van der Waals surface area contributed by atoms with E-state index in [1.165, 1.54) is 12.1 Å². The molecular formula is C11H8BrFN2O2S. The third-order valence-corrected chi connectivity index (χ3v) is 3.87. The van der Waals surface area contributed by atoms with Crippen molar-refractivity contribution in [3.05, 3.63) is 54.9 Å². The first-order chi connectivity index (χ1) is 8.56. The lowest BCUT2D eigenvalue weighted by atomic mass is 10.2. The molecule has 1 heterocycles. The third kappa shape index (κ3) is 3.05. The highest BCUT2D eigenvalue weighted by atomic mass is 79.9. The number of nitrogens with zero attached hydrogens (tertiary/aromatic N) is 1. The Morgan fingerprint density at radius 1 is 1.39 bits per heavy atom. The lowest BCUT2D eigenvalue weighted by Crippen LogP contribution is -2.00. The molecule has 0 aliphatic heterocycles. The minimum Gasteiger partial charge on any atom is -0.378 e. The molecule has 1 aromatic carbocycles. The van der Waals surface area contributed by atoms with Gasteiger partial charge in [-0.05, 0) is 34.1 Å². The molecule has 1 N–H and O–H groups in total. The van der Waals surface area contributed by atoms with Crippen molar-refractivity contribution in [2.45, 2.75) is 6.54 Å². The third-order valence-electron chi connectivity index (χ3n) is 2.25. The predicted molar refractivity (Wildman–Crippen MR) is 72.4 cm³/mol. The Morgan fingerprint density at radius 3 is 2.72 bits per heavy atom. The van der Waals surface area contributed by atoms with E-state index in [-0.39, 0.29) is 11.4 Å². The van der Waals surface area contributed by atoms with Crippen LogP contribution in [-0.4, -0.2) is 4.92 Å². The van der Waals surface area contributed by atoms with E-state index in [1.807, 2.05) is 12.1 Å². The molecule has 0 unspecified atom stereocenters. The van der Waals surface area contributed by atoms with E-state index in [4.69, 9.17) is 0 Å². The molecule has 0 spiro atoms. The minimum absolute atomic E-state index is 0.253. The number of nitrogens with one attached hydrogen (secondary N) is 1. The van der Waals surface area contributed by atoms with Crippen molar-refractivity contribution in [3.8, 4) is 0 Å². The molecule has 0 saturated carbocycles. The number of nitro groups is 1. The predicted octanol–water partition coefficient (Wildman–Crippen LogP) is 4.17. The maximum atomic E-state index is 13.5. The van der Waals surface area contributed by atoms with E-state index >= 15 is 0 Å². The van der Waals surface area contributed by atoms with E-state index in [2.05, 4.69) is 21.2 Å². The summed E-state index contributed by atoms with van der Waals surface area (Å²) in [5, 5.41) is 13.4. The second-order valence-corrected chi connectivity index (χ2v) is 6.03. The van der Waals surface area contributed by atoms with Gasteiger partial charge in [-0.1, -0.05) is 0 Å². The topological polar surface area (TPSA) is 55.2 Å². The minimum atomic E-state index is -0.625. The number of benzene rings is 1. The highest BCUT2D eigenvalue weighted by molar-refractivity contribution is 9.11. The molecule has 0 atom stereocenters. The number of halogens is 2. The Morgan fingerprint density at radius 2 is 2.17 bits per heavy atom. The number of nitro benzene ring substituents is 1. The summed E-state index contributed by atoms with van der Waals surface area (Å²) in [6.07, 6.45) is 0. The molecule has 0 aliphatic carbocycles. The SMILES string of the molecule is O=[N+]([O-])c1ccc(NCc2ccc(Br)s2)c(F)c1. The van der Waals surface area contributed by atoms with Gasteiger partial charge in [0.25, 0.3) is 5.69 Å². The van der Waals surface area contributed by atoms with Crippen LogP contribution in [0.1, 0.15) is 4.88 Å². The van der Waals surface area contributed by atoms with Gasteiger partial charge >= 0.3 is 0 Å². The smallest absolute Gasteiger partial charge is 0.272 e. The molecular weight excluding hydrogens is 323 g/mol. The van der Waals surface area contributed by atoms with Crippen LogP contribution in [0, 0.1) is 15.9 Å². The molecule has 4 nitrogen and oxygen atoms in total. The van der Waals surface area contributed by atoms with Crippen molar-refractivity contribution in [2.75, 3.05) is 5.32 Å². The van der Waals surface area contributed by atoms with Gasteiger partial charge in [-0.25, -0.2) is 4.39 Å². The van der Waals surface area contributed by atoms with Crippen LogP contribution in [0.25, 0.3) is 0 Å². The Labute approximate surface area is 115 Å². The molecule has 2 rings (SSSR count). The number of hydrogen-bond acceptors (Lipinski definition) is 4. The first kappa shape index (κ1) is 13.0. The highest BCUT2D eigenvalue weighted by Crippen LogP contribution is 2.24. The maximum Gasteiger partial charge on any atom is 0.272 e. The summed E-state index contributed by atoms with van der Waals surface area (Å²) in [5.41, 5.74) is 0.00189. The summed E-state index contributed by atoms with van der Waals surface area (Å²) < 4.78 is 14.5. The van der Waals surface area contributed by atoms with Crippen molar-refractivity contribution >= 4 is 38.6 Å². The Bertz CT molecular complexity index is 588. The summed E-state index contributed by atoms with van der Waals surface area (Å²) in [4.78, 5) is 10.9. The van der Waals surface area contributed by atoms with E-state index in [1.54, 1.807) is 11.3 Å². The van der Waals surface area contributed by atoms with Gasteiger partial charge in [0, 0.05) is 17.5 Å². The second kappa shape index (κ2) is 5.45. The molecule has 0 aliphatic rings. The number of non-ortho nitro benzene ring substituents is 1. The largest absolute Gasteiger partial charge is 0.378 e. The van der Waals surface area contributed by atoms with Crippen molar-refractivity contribution in [1.29, 1.82) is 0 Å². The molecule has 0 amide bonds. The molecule has 18 heavy (non-hydrogen) atoms. The van der Waals surface area contributed by atoms with Crippen LogP contribution in [-0.2, 0) is 6.54 Å². The van der Waals surface area contributed by atoms with Crippen LogP contribution < -0.4 is 5.32 Å². The summed E-state index contributed by atoms with van der Waals surface area (Å²) >= 11 is 4.88. The zero-order valence-electron chi connectivity index (χ0n) is 9.02. The van der Waals surface area contributed by atoms with E-state index < -0.39 is 10.7 Å². The molecule has 7 heteroatoms. The summed E-state index contributed by atoms with van der Waals surface area (Å²) in [7, 11) is 0. The monoisotopic (exact) mass is 330 g/mol. The van der Waals surface area contributed by atoms with Crippen molar-refractivity contribution in [2.24, 2.45) is 0 Å². The van der Waals surface area contributed by atoms with Gasteiger partial charge in [0.15, 0.2) is 5.82 Å². The molecule has 0 radical (unpaired) electrons. The molecule has 0 bridgehead atoms. The quantitative estimate of drug-likeness (QED) is 0.676. The van der Waals surface area contributed by atoms with Crippen LogP contribution in [0.3, 0.4) is 0 Å². The van der Waals surface area contributed by atoms with Gasteiger partial charge < -0.3 is 5.32 Å². The van der Waals surface area contributed by atoms with Crippen molar-refractivity contribution in [1.82, 2.24) is 0 Å². The number of hydrogen-bond donors (Lipinski definition) is 1. The molecule has 94 valence electrons. The van der Waals surface area contributed by atoms with Gasteiger partial charge in [0.1, 0.15) is 0 Å². The summed E-state index contributed by atoms with van der Waals surface area (Å²) in [6, 6.07) is 7.39. The van der Waals surface area contributed by atoms with Crippen LogP contribution >= 0.6 is 27.3 Å². The fourth-order valence-electron chi connectivity index (χ4n) is 1.39. The van der Waals surface area contributed by atoms with Gasteiger partial charge in [0.05, 0.1) is 20.5 Å². The zero-order chi connectivity index (χ0) is 13.1. The first-order valence-corrected chi connectivity index (χ1v) is 6.59. The number of anilines is 1. The van der Waals surface area contributed by atoms with Crippen molar-refractivity contribution < 1.29 is 9.31 Å². The van der Waals surface area contributed by atoms with Crippen molar-refractivity contribution in [3.63, 3.8) is 0 Å². The maximum absolute atomic E-state index is 13.5. The van der Waals surface area contributed by atoms with E-state index in [0.717, 1.165) is 14.7 Å². The van der Waals surface area contributed by atoms with E-state index in [9.17, 15) is 14.5 Å². The highest BCUT2D eigenvalue weighted by Gasteiger charge is 2.10. The Hall–Kier alpha value is -1.47. The normalized spacial score (nSPS) is 10.3. The molecule has 0 saturated heterocycles. The number of rotatable bonds is 4. The van der Waals surface area contributed by atoms with E-state index in [0.29, 0.717) is 6.54 Å². The van der Waals surface area contributed by atoms with Crippen LogP contribution in [0.15, 0.2) is 34.1 Å². The first-order valence-electron chi connectivity index (χ1n) is 4.98. The van der Waals surface area contributed by atoms with Gasteiger partial charge in [0.2, 0.25) is 0 Å². The second-order valence-electron chi connectivity index (χ2n) is 3.48. The summed E-state index contributed by atoms with van der Waals surface area (Å²) in [5.74, 6) is -0.625. The Balaban J connectivity index is 2.08. The van der Waals surface area contributed by atoms with Crippen LogP contribution in [0.5, 0.6) is 0 Å². The summed E-state index contributed by atoms with van der Waals surface area (Å²) in [6.45, 7) is 0.477. The lowest BCUT2D eigenvalue weighted by Gasteiger charge is -2.05. The van der Waals surface area contributed by atoms with Gasteiger partial charge in [-0.15, -0.1) is 11.3 Å². The lowest BCUT2D eigenvalue weighted by molar-refractivity contribution is -0.385. The Kier molecular flexibility index (Phi) is 3.93. The molecule has 2 aromatic rings. The van der Waals surface area contributed by atoms with Crippen LogP contribution in [0.2, 0.25) is 0 Å². The zero-order valence-corrected chi connectivity index (χ0v) is 11.4. The standard InChI is InChI=1S/C11H8BrFN2O2S/c12-11-4-2-8(18-11)6-14-10-3-1-7(15(16)17)5-9(10)13/h1-5,14H,6H2. The average molecular weight is 331 g/mol. The fraction of sp³-hybridized carbons (Fsp3) is 0.0909. The molecule has 1 aromatic heterocycles. The van der Waals surface area contributed by atoms with Gasteiger partial charge in [-0.2, -0.15) is 0 Å². The number of thiophene rings is 1. The fourth-order valence-corrected chi connectivity index (χ4v) is 2.81. The molecule has 0 fully saturated rings.